The number of phenols is 1. The number of hydrogen-bond acceptors (Lipinski definition) is 3. The number of aromatic hydroxyl groups is 1. The van der Waals surface area contributed by atoms with Crippen molar-refractivity contribution in [2.45, 2.75) is 45.1 Å². The highest BCUT2D eigenvalue weighted by atomic mass is 16.5. The van der Waals surface area contributed by atoms with Gasteiger partial charge in [0.05, 0.1) is 7.11 Å². The summed E-state index contributed by atoms with van der Waals surface area (Å²) < 4.78 is 5.27. The number of nitrogens with one attached hydrogen (secondary N) is 1. The third-order valence-electron chi connectivity index (χ3n) is 3.69. The zero-order valence-corrected chi connectivity index (χ0v) is 11.5. The van der Waals surface area contributed by atoms with E-state index >= 15 is 0 Å². The average molecular weight is 249 g/mol. The molecule has 1 unspecified atom stereocenters. The molecule has 2 N–H and O–H groups in total. The Balaban J connectivity index is 2.28. The fraction of sp³-hybridized carbons (Fsp3) is 0.600. The molecular weight excluding hydrogens is 226 g/mol. The lowest BCUT2D eigenvalue weighted by Gasteiger charge is -2.16. The molecule has 1 fully saturated rings. The van der Waals surface area contributed by atoms with Gasteiger partial charge in [-0.2, -0.15) is 0 Å². The van der Waals surface area contributed by atoms with Crippen LogP contribution in [0.4, 0.5) is 0 Å². The van der Waals surface area contributed by atoms with E-state index in [0.717, 1.165) is 18.5 Å². The summed E-state index contributed by atoms with van der Waals surface area (Å²) in [5, 5.41) is 13.7. The summed E-state index contributed by atoms with van der Waals surface area (Å²) in [6.07, 6.45) is 3.29. The van der Waals surface area contributed by atoms with Crippen LogP contribution in [0.2, 0.25) is 0 Å². The van der Waals surface area contributed by atoms with Crippen LogP contribution in [0.5, 0.6) is 11.5 Å². The lowest BCUT2D eigenvalue weighted by Crippen LogP contribution is -2.23. The summed E-state index contributed by atoms with van der Waals surface area (Å²) in [7, 11) is 1.61. The first kappa shape index (κ1) is 13.2. The van der Waals surface area contributed by atoms with Gasteiger partial charge in [-0.1, -0.05) is 19.9 Å². The summed E-state index contributed by atoms with van der Waals surface area (Å²) in [4.78, 5) is 0. The molecule has 1 heterocycles. The molecule has 1 saturated heterocycles. The zero-order valence-electron chi connectivity index (χ0n) is 11.5. The van der Waals surface area contributed by atoms with E-state index in [1.165, 1.54) is 18.4 Å². The number of rotatable bonds is 4. The maximum atomic E-state index is 10.2. The maximum Gasteiger partial charge on any atom is 0.161 e. The van der Waals surface area contributed by atoms with Crippen LogP contribution >= 0.6 is 0 Å². The molecule has 1 aliphatic rings. The Bertz CT molecular complexity index is 409. The van der Waals surface area contributed by atoms with Gasteiger partial charge in [0.25, 0.3) is 0 Å². The third-order valence-corrected chi connectivity index (χ3v) is 3.69. The second kappa shape index (κ2) is 5.61. The highest BCUT2D eigenvalue weighted by molar-refractivity contribution is 5.49. The minimum atomic E-state index is 0.301. The Kier molecular flexibility index (Phi) is 4.12. The number of phenolic OH excluding ortho intramolecular Hbond substituents is 1. The number of methoxy groups -OCH3 is 1. The van der Waals surface area contributed by atoms with E-state index in [-0.39, 0.29) is 0 Å². The Morgan fingerprint density at radius 2 is 2.22 bits per heavy atom. The SMILES string of the molecule is COc1cc(C(C)C)cc(CC2CCCN2)c1O. The van der Waals surface area contributed by atoms with Crippen molar-refractivity contribution in [1.82, 2.24) is 5.32 Å². The smallest absolute Gasteiger partial charge is 0.161 e. The van der Waals surface area contributed by atoms with Crippen molar-refractivity contribution in [2.75, 3.05) is 13.7 Å². The van der Waals surface area contributed by atoms with Gasteiger partial charge in [0.15, 0.2) is 11.5 Å². The van der Waals surface area contributed by atoms with Gasteiger partial charge >= 0.3 is 0 Å². The van der Waals surface area contributed by atoms with Gasteiger partial charge in [-0.25, -0.2) is 0 Å². The van der Waals surface area contributed by atoms with Crippen molar-refractivity contribution in [3.05, 3.63) is 23.3 Å². The first-order valence-corrected chi connectivity index (χ1v) is 6.75. The molecule has 1 atom stereocenters. The minimum Gasteiger partial charge on any atom is -0.504 e. The molecule has 0 aromatic heterocycles. The molecule has 3 nitrogen and oxygen atoms in total. The van der Waals surface area contributed by atoms with Crippen molar-refractivity contribution in [2.24, 2.45) is 0 Å². The predicted molar refractivity (Wildman–Crippen MR) is 73.5 cm³/mol. The highest BCUT2D eigenvalue weighted by Crippen LogP contribution is 2.35. The van der Waals surface area contributed by atoms with Crippen LogP contribution in [-0.4, -0.2) is 24.8 Å². The largest absolute Gasteiger partial charge is 0.504 e. The summed E-state index contributed by atoms with van der Waals surface area (Å²) >= 11 is 0. The molecular formula is C15H23NO2. The summed E-state index contributed by atoms with van der Waals surface area (Å²) in [6.45, 7) is 5.40. The number of benzene rings is 1. The van der Waals surface area contributed by atoms with Crippen LogP contribution in [0.15, 0.2) is 12.1 Å². The van der Waals surface area contributed by atoms with Gasteiger partial charge in [-0.15, -0.1) is 0 Å². The minimum absolute atomic E-state index is 0.301. The molecule has 0 aliphatic carbocycles. The van der Waals surface area contributed by atoms with Gasteiger partial charge < -0.3 is 15.2 Å². The highest BCUT2D eigenvalue weighted by Gasteiger charge is 2.19. The molecule has 100 valence electrons. The molecule has 1 aliphatic heterocycles. The fourth-order valence-electron chi connectivity index (χ4n) is 2.53. The number of hydrogen-bond donors (Lipinski definition) is 2. The van der Waals surface area contributed by atoms with Crippen LogP contribution < -0.4 is 10.1 Å². The van der Waals surface area contributed by atoms with Crippen LogP contribution in [0.3, 0.4) is 0 Å². The lowest BCUT2D eigenvalue weighted by molar-refractivity contribution is 0.368. The Morgan fingerprint density at radius 1 is 1.44 bits per heavy atom. The molecule has 2 rings (SSSR count). The molecule has 1 aromatic rings. The van der Waals surface area contributed by atoms with Crippen molar-refractivity contribution >= 4 is 0 Å². The maximum absolute atomic E-state index is 10.2. The topological polar surface area (TPSA) is 41.5 Å². The summed E-state index contributed by atoms with van der Waals surface area (Å²) in [6, 6.07) is 4.54. The normalized spacial score (nSPS) is 19.4. The molecule has 0 bridgehead atoms. The molecule has 18 heavy (non-hydrogen) atoms. The zero-order chi connectivity index (χ0) is 13.1. The molecule has 0 radical (unpaired) electrons. The van der Waals surface area contributed by atoms with E-state index in [0.29, 0.717) is 23.5 Å². The van der Waals surface area contributed by atoms with Crippen LogP contribution in [0.25, 0.3) is 0 Å². The average Bonchev–Trinajstić information content (AvgIpc) is 2.84. The summed E-state index contributed by atoms with van der Waals surface area (Å²) in [5.41, 5.74) is 2.22. The van der Waals surface area contributed by atoms with Gasteiger partial charge in [0.1, 0.15) is 0 Å². The molecule has 0 spiro atoms. The van der Waals surface area contributed by atoms with Gasteiger partial charge in [-0.05, 0) is 48.9 Å². The van der Waals surface area contributed by atoms with Gasteiger partial charge in [0.2, 0.25) is 0 Å². The van der Waals surface area contributed by atoms with Gasteiger partial charge in [0, 0.05) is 6.04 Å². The van der Waals surface area contributed by atoms with E-state index in [2.05, 4.69) is 25.2 Å². The molecule has 1 aromatic carbocycles. The Morgan fingerprint density at radius 3 is 2.78 bits per heavy atom. The monoisotopic (exact) mass is 249 g/mol. The predicted octanol–water partition coefficient (Wildman–Crippen LogP) is 2.82. The Labute approximate surface area is 109 Å². The van der Waals surface area contributed by atoms with Crippen LogP contribution in [-0.2, 0) is 6.42 Å². The van der Waals surface area contributed by atoms with Crippen molar-refractivity contribution in [3.63, 3.8) is 0 Å². The quantitative estimate of drug-likeness (QED) is 0.862. The molecule has 0 amide bonds. The second-order valence-corrected chi connectivity index (χ2v) is 5.38. The standard InChI is InChI=1S/C15H23NO2/c1-10(2)11-7-12(8-13-5-4-6-16-13)15(17)14(9-11)18-3/h7,9-10,13,16-17H,4-6,8H2,1-3H3. The Hall–Kier alpha value is -1.22. The van der Waals surface area contributed by atoms with Crippen LogP contribution in [0.1, 0.15) is 43.7 Å². The molecule has 0 saturated carbocycles. The van der Waals surface area contributed by atoms with Crippen molar-refractivity contribution < 1.29 is 9.84 Å². The third kappa shape index (κ3) is 2.78. The summed E-state index contributed by atoms with van der Waals surface area (Å²) in [5.74, 6) is 1.33. The van der Waals surface area contributed by atoms with Crippen molar-refractivity contribution in [3.8, 4) is 11.5 Å². The molecule has 3 heteroatoms. The second-order valence-electron chi connectivity index (χ2n) is 5.38. The van der Waals surface area contributed by atoms with E-state index in [9.17, 15) is 5.11 Å². The first-order chi connectivity index (χ1) is 8.61. The van der Waals surface area contributed by atoms with Gasteiger partial charge in [-0.3, -0.25) is 0 Å². The van der Waals surface area contributed by atoms with E-state index in [1.807, 2.05) is 6.07 Å². The van der Waals surface area contributed by atoms with E-state index in [4.69, 9.17) is 4.74 Å². The fourth-order valence-corrected chi connectivity index (χ4v) is 2.53. The lowest BCUT2D eigenvalue weighted by atomic mass is 9.96. The van der Waals surface area contributed by atoms with Crippen LogP contribution in [0, 0.1) is 0 Å². The number of ether oxygens (including phenoxy) is 1. The van der Waals surface area contributed by atoms with E-state index in [1.54, 1.807) is 7.11 Å². The van der Waals surface area contributed by atoms with E-state index < -0.39 is 0 Å². The van der Waals surface area contributed by atoms with Crippen molar-refractivity contribution in [1.29, 1.82) is 0 Å². The first-order valence-electron chi connectivity index (χ1n) is 6.75.